The van der Waals surface area contributed by atoms with Crippen LogP contribution in [-0.4, -0.2) is 156 Å². The van der Waals surface area contributed by atoms with Crippen LogP contribution < -0.4 is 63.8 Å². The van der Waals surface area contributed by atoms with Crippen LogP contribution in [-0.2, 0) is 0 Å². The standard InChI is InChI=1S/C24H33N3.C23H32N4.C20H38N2.2C18H34N2.C15H26N2/c1-20(2)9-7-10-21(3)14-16-25-17-18-27-24(22-11-5-4-6-12-22)23-13-8-15-26-19-23;1-19(2)9-8-10-20(3)13-16-24-17-18-27-23(21-11-4-6-14-25-21)22-12-5-7-15-26-22;1-2-3-4-5-6-7-8-21-9-10-22-20-18-12-16-11-17(14-18)15-19(20)13-16;2*1-2-3-4-5-6-19-7-8-20-18-16-10-14-9-15(12-16)13-17(18)11-14;1-2-14(1)16-3-4-17-15-12-6-10-5-11(8-12)9-13(15)7-10/h4-6,8-9,11-15,19,24-25,27H,7,10,16-18H2,1-3H3;4-7,9,11-15,23-24,27H,8,10,16-18H2,1-3H3;16-22H,2-15H2,1H3;2*14-20H,2-13H2,1H3;10-17H,1-9H2/b21-14+;20-13+;;;;. The first kappa shape index (κ1) is 107. The first-order chi connectivity index (χ1) is 65.3. The number of unbranched alkanes of at least 4 members (excludes halogenated alkanes) is 11. The third kappa shape index (κ3) is 38.6. The highest BCUT2D eigenvalue weighted by Crippen LogP contribution is 2.57. The van der Waals surface area contributed by atoms with E-state index in [2.05, 4.69) is 202 Å². The fourth-order valence-corrected chi connectivity index (χ4v) is 27.3. The Kier molecular flexibility index (Phi) is 49.6. The van der Waals surface area contributed by atoms with Crippen LogP contribution in [0.2, 0.25) is 0 Å². The maximum atomic E-state index is 4.50. The SMILES string of the molecule is C(CNC1C2CC3CC(C2)CC1C3)NC1CC1.CC(C)=CCC/C(C)=C/CNCCNC(c1ccccc1)c1cccnc1.CC(C)=CCC/C(C)=C/CNCCNC(c1ccccn1)c1ccccn1.CCCCCCCCNCCNC1C2CC3CC(C2)CC1C3.CCCCCCNCCNC1C2CC3CC(C2)CC1C3.CCCCCCNCCNC1C2CC3CC(C2)CC1C3. The molecule has 21 rings (SSSR count). The van der Waals surface area contributed by atoms with Crippen molar-refractivity contribution in [2.45, 2.75) is 361 Å². The van der Waals surface area contributed by atoms with Crippen LogP contribution in [0.1, 0.15) is 354 Å². The van der Waals surface area contributed by atoms with Gasteiger partial charge in [0.1, 0.15) is 0 Å². The van der Waals surface area contributed by atoms with Crippen LogP contribution in [0.5, 0.6) is 0 Å². The van der Waals surface area contributed by atoms with Gasteiger partial charge in [-0.15, -0.1) is 0 Å². The predicted octanol–water partition coefficient (Wildman–Crippen LogP) is 23.1. The lowest BCUT2D eigenvalue weighted by molar-refractivity contribution is -0.0133. The van der Waals surface area contributed by atoms with E-state index in [1.165, 1.54) is 266 Å². The summed E-state index contributed by atoms with van der Waals surface area (Å²) >= 11 is 0. The monoisotopic (exact) mass is 1820 g/mol. The van der Waals surface area contributed by atoms with E-state index in [4.69, 9.17) is 0 Å². The van der Waals surface area contributed by atoms with Crippen molar-refractivity contribution in [2.24, 2.45) is 94.7 Å². The zero-order valence-corrected chi connectivity index (χ0v) is 86.1. The van der Waals surface area contributed by atoms with E-state index in [-0.39, 0.29) is 12.1 Å². The average molecular weight is 1830 g/mol. The number of benzene rings is 1. The van der Waals surface area contributed by atoms with Crippen LogP contribution in [0, 0.1) is 94.7 Å². The highest BCUT2D eigenvalue weighted by Gasteiger charge is 2.51. The van der Waals surface area contributed by atoms with Gasteiger partial charge in [0.05, 0.1) is 23.5 Å². The summed E-state index contributed by atoms with van der Waals surface area (Å²) in [5.41, 5.74) is 10.1. The fraction of sp³-hybridized carbons (Fsp3) is 0.754. The van der Waals surface area contributed by atoms with Crippen molar-refractivity contribution in [3.8, 4) is 0 Å². The van der Waals surface area contributed by atoms with Crippen molar-refractivity contribution in [2.75, 3.05) is 111 Å². The van der Waals surface area contributed by atoms with E-state index in [1.54, 1.807) is 51.4 Å². The van der Waals surface area contributed by atoms with Crippen LogP contribution >= 0.6 is 0 Å². The molecule has 0 saturated heterocycles. The molecule has 1 atom stereocenters. The smallest absolute Gasteiger partial charge is 0.0925 e. The summed E-state index contributed by atoms with van der Waals surface area (Å²) in [5.74, 6) is 17.1. The maximum Gasteiger partial charge on any atom is 0.0925 e. The largest absolute Gasteiger partial charge is 0.315 e. The van der Waals surface area contributed by atoms with Crippen molar-refractivity contribution < 1.29 is 0 Å². The maximum absolute atomic E-state index is 4.50. The lowest BCUT2D eigenvalue weighted by Gasteiger charge is -2.54. The third-order valence-electron chi connectivity index (χ3n) is 33.4. The zero-order valence-electron chi connectivity index (χ0n) is 86.1. The lowest BCUT2D eigenvalue weighted by atomic mass is 9.54. The summed E-state index contributed by atoms with van der Waals surface area (Å²) < 4.78 is 0. The number of aromatic nitrogens is 3. The number of nitrogens with one attached hydrogen (secondary N) is 12. The molecule has 17 saturated carbocycles. The normalized spacial score (nSPS) is 28.6. The lowest BCUT2D eigenvalue weighted by Crippen LogP contribution is -2.55. The molecule has 15 nitrogen and oxygen atoms in total. The van der Waals surface area contributed by atoms with E-state index in [9.17, 15) is 0 Å². The molecule has 3 heterocycles. The molecule has 16 bridgehead atoms. The molecular weight excluding hydrogens is 1630 g/mol. The van der Waals surface area contributed by atoms with E-state index >= 15 is 0 Å². The molecule has 0 aliphatic heterocycles. The molecule has 0 spiro atoms. The molecule has 133 heavy (non-hydrogen) atoms. The predicted molar refractivity (Wildman–Crippen MR) is 566 cm³/mol. The first-order valence-electron chi connectivity index (χ1n) is 56.3. The van der Waals surface area contributed by atoms with Crippen molar-refractivity contribution >= 4 is 0 Å². The fourth-order valence-electron chi connectivity index (χ4n) is 27.3. The zero-order chi connectivity index (χ0) is 92.7. The highest BCUT2D eigenvalue weighted by molar-refractivity contribution is 5.30. The molecule has 3 aromatic heterocycles. The van der Waals surface area contributed by atoms with Crippen LogP contribution in [0.4, 0.5) is 0 Å². The highest BCUT2D eigenvalue weighted by atomic mass is 15.0. The van der Waals surface area contributed by atoms with E-state index in [0.29, 0.717) is 0 Å². The molecule has 15 heteroatoms. The van der Waals surface area contributed by atoms with E-state index in [0.717, 1.165) is 221 Å². The average Bonchev–Trinajstić information content (AvgIpc) is 1.38. The van der Waals surface area contributed by atoms with Gasteiger partial charge in [0, 0.05) is 147 Å². The number of rotatable bonds is 56. The minimum atomic E-state index is 0.00977. The van der Waals surface area contributed by atoms with Crippen LogP contribution in [0.15, 0.2) is 150 Å². The number of pyridine rings is 3. The van der Waals surface area contributed by atoms with E-state index < -0.39 is 0 Å². The van der Waals surface area contributed by atoms with Gasteiger partial charge in [-0.2, -0.15) is 0 Å². The van der Waals surface area contributed by atoms with Crippen molar-refractivity contribution in [1.29, 1.82) is 0 Å². The molecule has 17 fully saturated rings. The molecule has 744 valence electrons. The molecule has 0 radical (unpaired) electrons. The Balaban J connectivity index is 0.000000145. The summed E-state index contributed by atoms with van der Waals surface area (Å²) in [7, 11) is 0. The number of allylic oxidation sites excluding steroid dienone is 6. The summed E-state index contributed by atoms with van der Waals surface area (Å²) in [6.45, 7) is 38.3. The molecule has 17 aliphatic rings. The van der Waals surface area contributed by atoms with Gasteiger partial charge in [-0.3, -0.25) is 15.0 Å². The van der Waals surface area contributed by atoms with Crippen molar-refractivity contribution in [1.82, 2.24) is 78.8 Å². The Bertz CT molecular complexity index is 3420. The Labute approximate surface area is 813 Å². The Morgan fingerprint density at radius 1 is 0.301 bits per heavy atom. The van der Waals surface area contributed by atoms with Gasteiger partial charge in [-0.25, -0.2) is 0 Å². The second-order valence-electron chi connectivity index (χ2n) is 45.1. The molecule has 17 aliphatic carbocycles. The number of nitrogens with zero attached hydrogens (tertiary/aromatic N) is 3. The van der Waals surface area contributed by atoms with Crippen LogP contribution in [0.25, 0.3) is 0 Å². The van der Waals surface area contributed by atoms with Gasteiger partial charge in [0.15, 0.2) is 0 Å². The summed E-state index contributed by atoms with van der Waals surface area (Å²) in [4.78, 5) is 13.3. The van der Waals surface area contributed by atoms with Gasteiger partial charge in [0.2, 0.25) is 0 Å². The Morgan fingerprint density at radius 2 is 0.624 bits per heavy atom. The second kappa shape index (κ2) is 61.7. The second-order valence-corrected chi connectivity index (χ2v) is 45.1. The molecule has 1 unspecified atom stereocenters. The van der Waals surface area contributed by atoms with Gasteiger partial charge < -0.3 is 63.8 Å². The summed E-state index contributed by atoms with van der Waals surface area (Å²) in [6.07, 6.45) is 74.2. The molecular formula is C118H197N15. The van der Waals surface area contributed by atoms with Crippen molar-refractivity contribution in [3.63, 3.8) is 0 Å². The van der Waals surface area contributed by atoms with Gasteiger partial charge >= 0.3 is 0 Å². The molecule has 4 aromatic rings. The van der Waals surface area contributed by atoms with Gasteiger partial charge in [0.25, 0.3) is 0 Å². The first-order valence-corrected chi connectivity index (χ1v) is 56.3. The number of hydrogen-bond acceptors (Lipinski definition) is 15. The summed E-state index contributed by atoms with van der Waals surface area (Å²) in [5, 5.41) is 44.3. The Hall–Kier alpha value is -4.85. The minimum absolute atomic E-state index is 0.00977. The molecule has 0 amide bonds. The van der Waals surface area contributed by atoms with Gasteiger partial charge in [-0.1, -0.05) is 187 Å². The minimum Gasteiger partial charge on any atom is -0.315 e. The Morgan fingerprint density at radius 3 is 0.962 bits per heavy atom. The van der Waals surface area contributed by atoms with E-state index in [1.807, 2.05) is 67.3 Å². The quantitative estimate of drug-likeness (QED) is 0.0148. The molecule has 12 N–H and O–H groups in total. The summed E-state index contributed by atoms with van der Waals surface area (Å²) in [6, 6.07) is 31.2. The van der Waals surface area contributed by atoms with Gasteiger partial charge in [-0.05, 0) is 384 Å². The molecule has 1 aromatic carbocycles. The number of hydrogen-bond donors (Lipinski definition) is 12. The van der Waals surface area contributed by atoms with Crippen molar-refractivity contribution in [3.05, 3.63) is 173 Å². The van der Waals surface area contributed by atoms with Crippen LogP contribution in [0.3, 0.4) is 0 Å². The third-order valence-corrected chi connectivity index (χ3v) is 33.4. The topological polar surface area (TPSA) is 183 Å².